The number of nitrogens with one attached hydrogen (secondary N) is 1. The van der Waals surface area contributed by atoms with E-state index in [9.17, 15) is 13.2 Å². The van der Waals surface area contributed by atoms with Crippen molar-refractivity contribution in [1.82, 2.24) is 5.32 Å². The molecule has 0 saturated heterocycles. The monoisotopic (exact) mass is 446 g/mol. The van der Waals surface area contributed by atoms with E-state index < -0.39 is 10.0 Å². The van der Waals surface area contributed by atoms with Gasteiger partial charge in [0.05, 0.1) is 15.6 Å². The van der Waals surface area contributed by atoms with Gasteiger partial charge in [0, 0.05) is 12.1 Å². The van der Waals surface area contributed by atoms with Gasteiger partial charge in [-0.25, -0.2) is 13.6 Å². The second kappa shape index (κ2) is 7.28. The number of hydrogen-bond donors (Lipinski definition) is 2. The molecule has 2 aromatic rings. The molecule has 2 rings (SSSR count). The van der Waals surface area contributed by atoms with Crippen molar-refractivity contribution in [3.05, 3.63) is 57.2 Å². The normalized spacial score (nSPS) is 11.1. The summed E-state index contributed by atoms with van der Waals surface area (Å²) in [6.45, 7) is 0.284. The molecule has 0 saturated carbocycles. The van der Waals surface area contributed by atoms with Crippen LogP contribution in [0.1, 0.15) is 15.9 Å². The van der Waals surface area contributed by atoms with Gasteiger partial charge in [-0.1, -0.05) is 12.1 Å². The fourth-order valence-corrected chi connectivity index (χ4v) is 3.14. The first-order chi connectivity index (χ1) is 10.8. The lowest BCUT2D eigenvalue weighted by Gasteiger charge is -2.08. The van der Waals surface area contributed by atoms with Crippen molar-refractivity contribution in [3.63, 3.8) is 0 Å². The Bertz CT molecular complexity index is 820. The van der Waals surface area contributed by atoms with Crippen molar-refractivity contribution in [3.8, 4) is 5.75 Å². The minimum absolute atomic E-state index is 0.0392. The van der Waals surface area contributed by atoms with Gasteiger partial charge >= 0.3 is 0 Å². The Morgan fingerprint density at radius 3 is 2.39 bits per heavy atom. The third kappa shape index (κ3) is 4.66. The summed E-state index contributed by atoms with van der Waals surface area (Å²) in [6.07, 6.45) is 0. The lowest BCUT2D eigenvalue weighted by atomic mass is 10.2. The molecule has 0 heterocycles. The number of primary sulfonamides is 1. The number of benzene rings is 2. The molecule has 0 unspecified atom stereocenters. The third-order valence-electron chi connectivity index (χ3n) is 3.12. The molecule has 8 heteroatoms. The highest BCUT2D eigenvalue weighted by Crippen LogP contribution is 2.21. The van der Waals surface area contributed by atoms with Crippen LogP contribution in [-0.2, 0) is 16.6 Å². The summed E-state index contributed by atoms with van der Waals surface area (Å²) in [5.74, 6) is 0.488. The lowest BCUT2D eigenvalue weighted by molar-refractivity contribution is 0.0951. The molecule has 3 N–H and O–H groups in total. The molecule has 122 valence electrons. The fraction of sp³-hybridized carbons (Fsp3) is 0.133. The lowest BCUT2D eigenvalue weighted by Crippen LogP contribution is -2.23. The average Bonchev–Trinajstić information content (AvgIpc) is 2.52. The van der Waals surface area contributed by atoms with Crippen LogP contribution in [0.4, 0.5) is 0 Å². The topological polar surface area (TPSA) is 98.5 Å². The number of carbonyl (C=O) groups is 1. The maximum Gasteiger partial charge on any atom is 0.251 e. The maximum absolute atomic E-state index is 12.1. The Labute approximate surface area is 148 Å². The Morgan fingerprint density at radius 1 is 1.22 bits per heavy atom. The summed E-state index contributed by atoms with van der Waals surface area (Å²) in [5.41, 5.74) is 1.30. The summed E-state index contributed by atoms with van der Waals surface area (Å²) < 4.78 is 28.3. The van der Waals surface area contributed by atoms with Gasteiger partial charge in [0.15, 0.2) is 0 Å². The number of amides is 1. The summed E-state index contributed by atoms with van der Waals surface area (Å²) in [6, 6.07) is 11.2. The van der Waals surface area contributed by atoms with E-state index in [1.807, 2.05) is 0 Å². The van der Waals surface area contributed by atoms with Crippen LogP contribution in [0.3, 0.4) is 0 Å². The molecule has 1 amide bonds. The van der Waals surface area contributed by atoms with Crippen LogP contribution in [0.25, 0.3) is 0 Å². The van der Waals surface area contributed by atoms with E-state index in [1.165, 1.54) is 12.1 Å². The van der Waals surface area contributed by atoms with E-state index in [0.29, 0.717) is 11.3 Å². The van der Waals surface area contributed by atoms with Crippen molar-refractivity contribution < 1.29 is 17.9 Å². The summed E-state index contributed by atoms with van der Waals surface area (Å²) in [5, 5.41) is 7.81. The first kappa shape index (κ1) is 17.7. The zero-order valence-corrected chi connectivity index (χ0v) is 15.2. The summed E-state index contributed by atoms with van der Waals surface area (Å²) in [4.78, 5) is 12.2. The van der Waals surface area contributed by atoms with Crippen LogP contribution in [0.2, 0.25) is 0 Å². The molecule has 2 aromatic carbocycles. The second-order valence-electron chi connectivity index (χ2n) is 4.72. The molecule has 0 aliphatic rings. The number of methoxy groups -OCH3 is 1. The van der Waals surface area contributed by atoms with Gasteiger partial charge in [0.1, 0.15) is 5.75 Å². The number of sulfonamides is 1. The fourth-order valence-electron chi connectivity index (χ4n) is 1.89. The maximum atomic E-state index is 12.1. The van der Waals surface area contributed by atoms with Gasteiger partial charge in [-0.15, -0.1) is 0 Å². The molecule has 0 atom stereocenters. The molecule has 0 radical (unpaired) electrons. The van der Waals surface area contributed by atoms with Crippen LogP contribution in [0, 0.1) is 3.57 Å². The van der Waals surface area contributed by atoms with E-state index in [0.717, 1.165) is 9.13 Å². The highest BCUT2D eigenvalue weighted by Gasteiger charge is 2.10. The molecule has 0 aliphatic carbocycles. The zero-order chi connectivity index (χ0) is 17.0. The van der Waals surface area contributed by atoms with E-state index in [1.54, 1.807) is 37.4 Å². The SMILES string of the molecule is COc1ccc(C(=O)NCc2ccc(S(N)(=O)=O)cc2)cc1I. The number of hydrogen-bond acceptors (Lipinski definition) is 4. The molecule has 0 fully saturated rings. The number of ether oxygens (including phenoxy) is 1. The predicted molar refractivity (Wildman–Crippen MR) is 94.7 cm³/mol. The van der Waals surface area contributed by atoms with Gasteiger partial charge in [0.25, 0.3) is 5.91 Å². The number of rotatable bonds is 5. The quantitative estimate of drug-likeness (QED) is 0.686. The number of halogens is 1. The Balaban J connectivity index is 2.03. The zero-order valence-electron chi connectivity index (χ0n) is 12.2. The smallest absolute Gasteiger partial charge is 0.251 e. The first-order valence-corrected chi connectivity index (χ1v) is 9.17. The molecular weight excluding hydrogens is 431 g/mol. The average molecular weight is 446 g/mol. The minimum atomic E-state index is -3.71. The van der Waals surface area contributed by atoms with Crippen LogP contribution in [0.15, 0.2) is 47.4 Å². The van der Waals surface area contributed by atoms with Crippen LogP contribution < -0.4 is 15.2 Å². The van der Waals surface area contributed by atoms with Crippen LogP contribution in [-0.4, -0.2) is 21.4 Å². The predicted octanol–water partition coefficient (Wildman–Crippen LogP) is 1.88. The Hall–Kier alpha value is -1.65. The summed E-state index contributed by atoms with van der Waals surface area (Å²) >= 11 is 2.10. The first-order valence-electron chi connectivity index (χ1n) is 6.55. The second-order valence-corrected chi connectivity index (χ2v) is 7.44. The molecule has 0 bridgehead atoms. The van der Waals surface area contributed by atoms with Gasteiger partial charge < -0.3 is 10.1 Å². The van der Waals surface area contributed by atoms with Crippen LogP contribution in [0.5, 0.6) is 5.75 Å². The van der Waals surface area contributed by atoms with E-state index in [4.69, 9.17) is 9.88 Å². The third-order valence-corrected chi connectivity index (χ3v) is 4.89. The van der Waals surface area contributed by atoms with Crippen molar-refractivity contribution in [2.45, 2.75) is 11.4 Å². The van der Waals surface area contributed by atoms with Crippen molar-refractivity contribution in [2.75, 3.05) is 7.11 Å². The number of nitrogens with two attached hydrogens (primary N) is 1. The molecular formula is C15H15IN2O4S. The summed E-state index contributed by atoms with van der Waals surface area (Å²) in [7, 11) is -2.13. The van der Waals surface area contributed by atoms with E-state index in [2.05, 4.69) is 27.9 Å². The van der Waals surface area contributed by atoms with Gasteiger partial charge in [-0.3, -0.25) is 4.79 Å². The molecule has 23 heavy (non-hydrogen) atoms. The van der Waals surface area contributed by atoms with Gasteiger partial charge in [-0.2, -0.15) is 0 Å². The van der Waals surface area contributed by atoms with Crippen molar-refractivity contribution in [2.24, 2.45) is 5.14 Å². The highest BCUT2D eigenvalue weighted by atomic mass is 127. The molecule has 0 spiro atoms. The standard InChI is InChI=1S/C15H15IN2O4S/c1-22-14-7-4-11(8-13(14)16)15(19)18-9-10-2-5-12(6-3-10)23(17,20)21/h2-8H,9H2,1H3,(H,18,19)(H2,17,20,21). The highest BCUT2D eigenvalue weighted by molar-refractivity contribution is 14.1. The van der Waals surface area contributed by atoms with Crippen molar-refractivity contribution >= 4 is 38.5 Å². The van der Waals surface area contributed by atoms with Crippen molar-refractivity contribution in [1.29, 1.82) is 0 Å². The number of carbonyl (C=O) groups excluding carboxylic acids is 1. The largest absolute Gasteiger partial charge is 0.496 e. The van der Waals surface area contributed by atoms with Crippen LogP contribution >= 0.6 is 22.6 Å². The van der Waals surface area contributed by atoms with Gasteiger partial charge in [-0.05, 0) is 58.5 Å². The minimum Gasteiger partial charge on any atom is -0.496 e. The molecule has 0 aliphatic heterocycles. The Kier molecular flexibility index (Phi) is 5.60. The Morgan fingerprint density at radius 2 is 1.87 bits per heavy atom. The van der Waals surface area contributed by atoms with E-state index in [-0.39, 0.29) is 17.3 Å². The van der Waals surface area contributed by atoms with Gasteiger partial charge in [0.2, 0.25) is 10.0 Å². The molecule has 0 aromatic heterocycles. The molecule has 6 nitrogen and oxygen atoms in total. The van der Waals surface area contributed by atoms with E-state index >= 15 is 0 Å².